The SMILES string of the molecule is CC12C=CC=CC1c1cc3ccc(-n4c5c(c6ccccc64)-c4ccccc4CC5)cc3cc1N2c1cc(C2NC(c3ccc4ccccc4c3)=NC(c3ccc4ccc5ccccc5c4c3)[NH2+]2)c2ccccc2c1. The van der Waals surface area contributed by atoms with Crippen molar-refractivity contribution in [2.45, 2.75) is 43.6 Å². The Bertz CT molecular complexity index is 4500. The van der Waals surface area contributed by atoms with Gasteiger partial charge in [0.05, 0.1) is 11.1 Å². The molecule has 0 saturated heterocycles. The van der Waals surface area contributed by atoms with Crippen molar-refractivity contribution < 1.29 is 5.32 Å². The number of fused-ring (bicyclic) bond motifs is 14. The summed E-state index contributed by atoms with van der Waals surface area (Å²) in [7, 11) is 0. The lowest BCUT2D eigenvalue weighted by Gasteiger charge is -2.40. The Morgan fingerprint density at radius 3 is 2.15 bits per heavy atom. The summed E-state index contributed by atoms with van der Waals surface area (Å²) in [5.74, 6) is 1.06. The molecule has 1 aromatic heterocycles. The quantitative estimate of drug-likeness (QED) is 0.169. The zero-order valence-corrected chi connectivity index (χ0v) is 41.6. The van der Waals surface area contributed by atoms with Crippen LogP contribution in [0.3, 0.4) is 0 Å². The summed E-state index contributed by atoms with van der Waals surface area (Å²) < 4.78 is 2.55. The molecule has 11 aromatic carbocycles. The van der Waals surface area contributed by atoms with Gasteiger partial charge >= 0.3 is 0 Å². The van der Waals surface area contributed by atoms with Gasteiger partial charge in [0.2, 0.25) is 6.17 Å². The van der Waals surface area contributed by atoms with E-state index in [2.05, 4.69) is 264 Å². The fourth-order valence-corrected chi connectivity index (χ4v) is 13.6. The zero-order chi connectivity index (χ0) is 49.4. The molecule has 2 aliphatic carbocycles. The molecule has 16 rings (SSSR count). The van der Waals surface area contributed by atoms with Crippen LogP contribution in [-0.4, -0.2) is 15.9 Å². The van der Waals surface area contributed by atoms with Crippen LogP contribution in [0.2, 0.25) is 0 Å². The van der Waals surface area contributed by atoms with Gasteiger partial charge in [-0.15, -0.1) is 0 Å². The molecule has 2 aliphatic heterocycles. The maximum Gasteiger partial charge on any atom is 0.209 e. The zero-order valence-electron chi connectivity index (χ0n) is 41.6. The maximum absolute atomic E-state index is 5.59. The van der Waals surface area contributed by atoms with Crippen molar-refractivity contribution in [2.24, 2.45) is 4.99 Å². The average Bonchev–Trinajstić information content (AvgIpc) is 4.03. The number of amidine groups is 1. The van der Waals surface area contributed by atoms with Gasteiger partial charge in [0.1, 0.15) is 5.84 Å². The first-order valence-corrected chi connectivity index (χ1v) is 26.6. The first-order chi connectivity index (χ1) is 37.0. The molecule has 0 fully saturated rings. The molecule has 0 bridgehead atoms. The van der Waals surface area contributed by atoms with Crippen molar-refractivity contribution in [3.63, 3.8) is 0 Å². The number of anilines is 2. The minimum atomic E-state index is -0.349. The Morgan fingerprint density at radius 2 is 1.24 bits per heavy atom. The highest BCUT2D eigenvalue weighted by Gasteiger charge is 2.47. The third-order valence-corrected chi connectivity index (χ3v) is 17.2. The molecule has 5 nitrogen and oxygen atoms in total. The van der Waals surface area contributed by atoms with Crippen molar-refractivity contribution in [1.29, 1.82) is 0 Å². The second kappa shape index (κ2) is 16.2. The second-order valence-corrected chi connectivity index (χ2v) is 21.4. The number of nitrogens with two attached hydrogens (primary N) is 1. The summed E-state index contributed by atoms with van der Waals surface area (Å²) in [5, 5.41) is 20.1. The average molecular weight is 963 g/mol. The molecular weight excluding hydrogens is 911 g/mol. The molecule has 12 aromatic rings. The van der Waals surface area contributed by atoms with E-state index in [4.69, 9.17) is 4.99 Å². The smallest absolute Gasteiger partial charge is 0.209 e. The van der Waals surface area contributed by atoms with Crippen molar-refractivity contribution in [3.8, 4) is 16.8 Å². The summed E-state index contributed by atoms with van der Waals surface area (Å²) in [5.41, 5.74) is 15.0. The Balaban J connectivity index is 0.856. The summed E-state index contributed by atoms with van der Waals surface area (Å²) >= 11 is 0. The van der Waals surface area contributed by atoms with Gasteiger partial charge < -0.3 is 14.8 Å². The lowest BCUT2D eigenvalue weighted by Crippen LogP contribution is -2.90. The van der Waals surface area contributed by atoms with E-state index >= 15 is 0 Å². The minimum Gasteiger partial charge on any atom is -0.331 e. The van der Waals surface area contributed by atoms with Crippen LogP contribution in [0.1, 0.15) is 58.7 Å². The predicted molar refractivity (Wildman–Crippen MR) is 312 cm³/mol. The highest BCUT2D eigenvalue weighted by Crippen LogP contribution is 2.56. The number of allylic oxidation sites excluding steroid dienone is 2. The molecule has 0 saturated carbocycles. The number of para-hydroxylation sites is 1. The van der Waals surface area contributed by atoms with Gasteiger partial charge in [-0.2, -0.15) is 0 Å². The van der Waals surface area contributed by atoms with Gasteiger partial charge in [-0.05, 0) is 145 Å². The van der Waals surface area contributed by atoms with E-state index in [1.54, 1.807) is 0 Å². The number of aryl methyl sites for hydroxylation is 1. The van der Waals surface area contributed by atoms with Crippen LogP contribution in [-0.2, 0) is 12.8 Å². The van der Waals surface area contributed by atoms with E-state index in [1.807, 2.05) is 0 Å². The van der Waals surface area contributed by atoms with Crippen molar-refractivity contribution in [1.82, 2.24) is 9.88 Å². The number of benzene rings is 11. The number of nitrogens with one attached hydrogen (secondary N) is 1. The van der Waals surface area contributed by atoms with E-state index in [9.17, 15) is 0 Å². The Labute approximate surface area is 435 Å². The number of aromatic nitrogens is 1. The fraction of sp³-hybridized carbons (Fsp3) is 0.100. The number of aliphatic imine (C=N–C) groups is 1. The molecule has 4 aliphatic rings. The van der Waals surface area contributed by atoms with Crippen molar-refractivity contribution >= 4 is 82.0 Å². The van der Waals surface area contributed by atoms with Crippen LogP contribution >= 0.6 is 0 Å². The van der Waals surface area contributed by atoms with Crippen LogP contribution in [0.15, 0.2) is 242 Å². The molecule has 3 heterocycles. The summed E-state index contributed by atoms with van der Waals surface area (Å²) in [4.78, 5) is 8.24. The molecule has 75 heavy (non-hydrogen) atoms. The number of hydrogen-bond acceptors (Lipinski definition) is 3. The molecule has 4 atom stereocenters. The van der Waals surface area contributed by atoms with E-state index < -0.39 is 0 Å². The lowest BCUT2D eigenvalue weighted by atomic mass is 9.80. The van der Waals surface area contributed by atoms with Gasteiger partial charge in [0, 0.05) is 56.3 Å². The number of nitrogens with zero attached hydrogens (tertiary/aromatic N) is 3. The molecule has 0 spiro atoms. The second-order valence-electron chi connectivity index (χ2n) is 21.4. The fourth-order valence-electron chi connectivity index (χ4n) is 13.6. The van der Waals surface area contributed by atoms with E-state index in [0.717, 1.165) is 24.2 Å². The van der Waals surface area contributed by atoms with Gasteiger partial charge in [-0.3, -0.25) is 5.32 Å². The molecule has 4 unspecified atom stereocenters. The highest BCUT2D eigenvalue weighted by atomic mass is 15.3. The first-order valence-electron chi connectivity index (χ1n) is 26.6. The normalized spacial score (nSPS) is 19.6. The monoisotopic (exact) mass is 962 g/mol. The Kier molecular flexibility index (Phi) is 9.19. The number of hydrogen-bond donors (Lipinski definition) is 2. The van der Waals surface area contributed by atoms with Crippen LogP contribution < -0.4 is 15.5 Å². The van der Waals surface area contributed by atoms with E-state index in [0.29, 0.717) is 0 Å². The number of rotatable bonds is 5. The van der Waals surface area contributed by atoms with E-state index in [1.165, 1.54) is 121 Å². The topological polar surface area (TPSA) is 49.2 Å². The van der Waals surface area contributed by atoms with Crippen LogP contribution in [0, 0.1) is 0 Å². The third-order valence-electron chi connectivity index (χ3n) is 17.2. The van der Waals surface area contributed by atoms with Crippen molar-refractivity contribution in [3.05, 3.63) is 270 Å². The van der Waals surface area contributed by atoms with Crippen LogP contribution in [0.5, 0.6) is 0 Å². The Morgan fingerprint density at radius 1 is 0.533 bits per heavy atom. The third kappa shape index (κ3) is 6.51. The number of quaternary nitrogens is 1. The predicted octanol–water partition coefficient (Wildman–Crippen LogP) is 15.6. The largest absolute Gasteiger partial charge is 0.331 e. The molecule has 0 radical (unpaired) electrons. The maximum atomic E-state index is 5.59. The first kappa shape index (κ1) is 42.5. The molecule has 0 amide bonds. The van der Waals surface area contributed by atoms with Crippen molar-refractivity contribution in [2.75, 3.05) is 4.90 Å². The lowest BCUT2D eigenvalue weighted by molar-refractivity contribution is -0.739. The van der Waals surface area contributed by atoms with Crippen LogP contribution in [0.4, 0.5) is 11.4 Å². The van der Waals surface area contributed by atoms with E-state index in [-0.39, 0.29) is 23.8 Å². The van der Waals surface area contributed by atoms with Gasteiger partial charge in [0.25, 0.3) is 0 Å². The standard InChI is InChI=1S/C70H51N5/c1-70-35-13-12-23-62(70)61-39-48-31-33-53(74-63-24-11-10-22-58(63)66-57-21-9-5-16-45(57)32-34-64(66)74)38-52(48)41-65(61)75(70)54-37-49-18-6-8-20-56(49)60(42-54)69-72-67(50-29-25-43-14-2-3-17-47(43)36-50)71-68(73-69)51-30-28-46-27-26-44-15-4-7-19-55(44)59(46)40-51/h2-31,33,35-42,62,68-69,73H,32,34H2,1H3,(H,71,72)/p+1. The summed E-state index contributed by atoms with van der Waals surface area (Å²) in [6.45, 7) is 2.42. The van der Waals surface area contributed by atoms with Gasteiger partial charge in [0.15, 0.2) is 6.17 Å². The Hall–Kier alpha value is -9.03. The molecular formula is C70H52N5+. The summed E-state index contributed by atoms with van der Waals surface area (Å²) in [6, 6.07) is 79.4. The molecule has 356 valence electrons. The minimum absolute atomic E-state index is 0.163. The molecule has 5 heteroatoms. The van der Waals surface area contributed by atoms with Gasteiger partial charge in [-0.25, -0.2) is 4.99 Å². The van der Waals surface area contributed by atoms with Gasteiger partial charge in [-0.1, -0.05) is 182 Å². The van der Waals surface area contributed by atoms with Crippen LogP contribution in [0.25, 0.3) is 81.6 Å². The highest BCUT2D eigenvalue weighted by molar-refractivity contribution is 6.08. The summed E-state index contributed by atoms with van der Waals surface area (Å²) in [6.07, 6.45) is 11.0. The molecule has 3 N–H and O–H groups in total.